The van der Waals surface area contributed by atoms with Crippen molar-refractivity contribution in [1.82, 2.24) is 0 Å². The van der Waals surface area contributed by atoms with Crippen LogP contribution in [0.15, 0.2) is 0 Å². The molecule has 0 spiro atoms. The second-order valence-corrected chi connectivity index (χ2v) is 6.15. The molecule has 0 saturated carbocycles. The van der Waals surface area contributed by atoms with Crippen molar-refractivity contribution in [3.63, 3.8) is 0 Å². The molecule has 86 valence electrons. The maximum Gasteiger partial charge on any atom is -0.0275 e. The molecule has 0 N–H and O–H groups in total. The van der Waals surface area contributed by atoms with Crippen molar-refractivity contribution < 1.29 is 0 Å². The van der Waals surface area contributed by atoms with E-state index in [1.807, 2.05) is 0 Å². The van der Waals surface area contributed by atoms with Gasteiger partial charge in [0.15, 0.2) is 0 Å². The molecule has 0 rings (SSSR count). The Morgan fingerprint density at radius 2 is 1.50 bits per heavy atom. The lowest BCUT2D eigenvalue weighted by Gasteiger charge is -2.45. The summed E-state index contributed by atoms with van der Waals surface area (Å²) in [7, 11) is 0. The van der Waals surface area contributed by atoms with Gasteiger partial charge in [-0.1, -0.05) is 61.3 Å². The van der Waals surface area contributed by atoms with Crippen LogP contribution in [0, 0.1) is 16.7 Å². The Bertz CT molecular complexity index is 155. The van der Waals surface area contributed by atoms with Gasteiger partial charge in [0.25, 0.3) is 0 Å². The molecular weight excluding hydrogens is 168 g/mol. The minimum absolute atomic E-state index is 0.487. The zero-order chi connectivity index (χ0) is 11.4. The van der Waals surface area contributed by atoms with Gasteiger partial charge in [0.05, 0.1) is 0 Å². The van der Waals surface area contributed by atoms with Gasteiger partial charge in [0.1, 0.15) is 0 Å². The van der Waals surface area contributed by atoms with Crippen LogP contribution < -0.4 is 0 Å². The monoisotopic (exact) mass is 198 g/mol. The number of hydrogen-bond donors (Lipinski definition) is 0. The quantitative estimate of drug-likeness (QED) is 0.545. The van der Waals surface area contributed by atoms with Gasteiger partial charge in [0, 0.05) is 0 Å². The van der Waals surface area contributed by atoms with E-state index < -0.39 is 0 Å². The molecule has 14 heavy (non-hydrogen) atoms. The van der Waals surface area contributed by atoms with E-state index in [1.165, 1.54) is 25.7 Å². The van der Waals surface area contributed by atoms with Crippen molar-refractivity contribution >= 4 is 0 Å². The van der Waals surface area contributed by atoms with Crippen molar-refractivity contribution in [3.8, 4) is 0 Å². The third kappa shape index (κ3) is 3.29. The molecule has 0 aromatic carbocycles. The summed E-state index contributed by atoms with van der Waals surface area (Å²) in [5.41, 5.74) is 0.998. The van der Waals surface area contributed by atoms with Crippen LogP contribution in [-0.2, 0) is 0 Å². The van der Waals surface area contributed by atoms with Crippen LogP contribution in [0.1, 0.15) is 74.1 Å². The minimum Gasteiger partial charge on any atom is -0.0654 e. The van der Waals surface area contributed by atoms with Gasteiger partial charge in [-0.05, 0) is 29.6 Å². The molecule has 0 aliphatic rings. The lowest BCUT2D eigenvalue weighted by molar-refractivity contribution is 0.0487. The van der Waals surface area contributed by atoms with E-state index in [9.17, 15) is 0 Å². The molecule has 0 aliphatic carbocycles. The minimum atomic E-state index is 0.487. The normalized spacial score (nSPS) is 17.1. The molecule has 0 heterocycles. The van der Waals surface area contributed by atoms with Gasteiger partial charge < -0.3 is 0 Å². The van der Waals surface area contributed by atoms with Crippen molar-refractivity contribution in [2.45, 2.75) is 74.1 Å². The molecule has 0 saturated heterocycles. The highest BCUT2D eigenvalue weighted by Gasteiger charge is 2.38. The van der Waals surface area contributed by atoms with E-state index >= 15 is 0 Å². The predicted molar refractivity (Wildman–Crippen MR) is 66.5 cm³/mol. The first-order chi connectivity index (χ1) is 6.29. The van der Waals surface area contributed by atoms with E-state index in [0.717, 1.165) is 5.92 Å². The van der Waals surface area contributed by atoms with Crippen LogP contribution in [-0.4, -0.2) is 0 Å². The van der Waals surface area contributed by atoms with Gasteiger partial charge in [-0.2, -0.15) is 0 Å². The fourth-order valence-corrected chi connectivity index (χ4v) is 2.73. The maximum atomic E-state index is 2.47. The molecule has 0 nitrogen and oxygen atoms in total. The molecule has 0 bridgehead atoms. The van der Waals surface area contributed by atoms with E-state index in [2.05, 4.69) is 48.5 Å². The molecule has 0 amide bonds. The third-order valence-electron chi connectivity index (χ3n) is 4.15. The van der Waals surface area contributed by atoms with Gasteiger partial charge in [-0.15, -0.1) is 0 Å². The first kappa shape index (κ1) is 14.0. The Hall–Kier alpha value is 0. The Balaban J connectivity index is 4.64. The van der Waals surface area contributed by atoms with Crippen molar-refractivity contribution in [2.75, 3.05) is 0 Å². The van der Waals surface area contributed by atoms with E-state index in [-0.39, 0.29) is 0 Å². The molecule has 0 radical (unpaired) electrons. The van der Waals surface area contributed by atoms with Crippen LogP contribution in [0.4, 0.5) is 0 Å². The number of rotatable bonds is 6. The summed E-state index contributed by atoms with van der Waals surface area (Å²) >= 11 is 0. The first-order valence-electron chi connectivity index (χ1n) is 6.29. The highest BCUT2D eigenvalue weighted by molar-refractivity contribution is 4.88. The molecule has 1 unspecified atom stereocenters. The predicted octanol–water partition coefficient (Wildman–Crippen LogP) is 5.28. The highest BCUT2D eigenvalue weighted by Crippen LogP contribution is 2.48. The Morgan fingerprint density at radius 1 is 1.00 bits per heavy atom. The zero-order valence-corrected chi connectivity index (χ0v) is 11.4. The Kier molecular flexibility index (Phi) is 5.19. The summed E-state index contributed by atoms with van der Waals surface area (Å²) < 4.78 is 0. The second kappa shape index (κ2) is 5.19. The SMILES string of the molecule is CCCC(C)(C)C(C)(CC)CC(C)C. The first-order valence-corrected chi connectivity index (χ1v) is 6.29. The fourth-order valence-electron chi connectivity index (χ4n) is 2.73. The molecule has 0 fully saturated rings. The smallest absolute Gasteiger partial charge is 0.0275 e. The van der Waals surface area contributed by atoms with Gasteiger partial charge in [0.2, 0.25) is 0 Å². The average Bonchev–Trinajstić information content (AvgIpc) is 2.02. The summed E-state index contributed by atoms with van der Waals surface area (Å²) in [6, 6.07) is 0. The zero-order valence-electron chi connectivity index (χ0n) is 11.4. The average molecular weight is 198 g/mol. The lowest BCUT2D eigenvalue weighted by atomic mass is 9.60. The third-order valence-corrected chi connectivity index (χ3v) is 4.15. The van der Waals surface area contributed by atoms with Gasteiger partial charge >= 0.3 is 0 Å². The summed E-state index contributed by atoms with van der Waals surface area (Å²) in [6.45, 7) is 16.7. The van der Waals surface area contributed by atoms with E-state index in [1.54, 1.807) is 0 Å². The van der Waals surface area contributed by atoms with E-state index in [4.69, 9.17) is 0 Å². The van der Waals surface area contributed by atoms with Crippen LogP contribution in [0.2, 0.25) is 0 Å². The van der Waals surface area contributed by atoms with Crippen LogP contribution in [0.5, 0.6) is 0 Å². The second-order valence-electron chi connectivity index (χ2n) is 6.15. The topological polar surface area (TPSA) is 0 Å². The molecule has 0 aliphatic heterocycles. The summed E-state index contributed by atoms with van der Waals surface area (Å²) in [6.07, 6.45) is 5.32. The van der Waals surface area contributed by atoms with Gasteiger partial charge in [-0.3, -0.25) is 0 Å². The standard InChI is InChI=1S/C14H30/c1-8-10-13(5,6)14(7,9-2)11-12(3)4/h12H,8-11H2,1-7H3. The van der Waals surface area contributed by atoms with Crippen LogP contribution >= 0.6 is 0 Å². The van der Waals surface area contributed by atoms with Crippen molar-refractivity contribution in [1.29, 1.82) is 0 Å². The van der Waals surface area contributed by atoms with Crippen molar-refractivity contribution in [3.05, 3.63) is 0 Å². The number of hydrogen-bond acceptors (Lipinski definition) is 0. The Morgan fingerprint density at radius 3 is 1.79 bits per heavy atom. The van der Waals surface area contributed by atoms with Crippen LogP contribution in [0.3, 0.4) is 0 Å². The summed E-state index contributed by atoms with van der Waals surface area (Å²) in [5, 5.41) is 0. The van der Waals surface area contributed by atoms with E-state index in [0.29, 0.717) is 10.8 Å². The highest BCUT2D eigenvalue weighted by atomic mass is 14.4. The van der Waals surface area contributed by atoms with Gasteiger partial charge in [-0.25, -0.2) is 0 Å². The Labute approximate surface area is 91.5 Å². The molecule has 0 heteroatoms. The molecule has 0 aromatic rings. The lowest BCUT2D eigenvalue weighted by Crippen LogP contribution is -2.35. The summed E-state index contributed by atoms with van der Waals surface area (Å²) in [5.74, 6) is 0.816. The maximum absolute atomic E-state index is 2.47. The van der Waals surface area contributed by atoms with Crippen molar-refractivity contribution in [2.24, 2.45) is 16.7 Å². The van der Waals surface area contributed by atoms with Crippen LogP contribution in [0.25, 0.3) is 0 Å². The molecule has 0 aromatic heterocycles. The molecule has 1 atom stereocenters. The largest absolute Gasteiger partial charge is 0.0654 e. The summed E-state index contributed by atoms with van der Waals surface area (Å²) in [4.78, 5) is 0. The molecular formula is C14H30. The fraction of sp³-hybridized carbons (Fsp3) is 1.00.